The Morgan fingerprint density at radius 1 is 0.224 bits per heavy atom. The summed E-state index contributed by atoms with van der Waals surface area (Å²) in [7, 11) is 0. The highest BCUT2D eigenvalue weighted by atomic mass is 15.1. The Bertz CT molecular complexity index is 3290. The number of hydrogen-bond donors (Lipinski definition) is 0. The molecule has 0 amide bonds. The summed E-state index contributed by atoms with van der Waals surface area (Å²) in [5.74, 6) is 0. The molecule has 10 aromatic rings. The average molecular weight is 858 g/mol. The van der Waals surface area contributed by atoms with Crippen molar-refractivity contribution in [3.05, 3.63) is 259 Å². The summed E-state index contributed by atoms with van der Waals surface area (Å²) < 4.78 is 0. The Balaban J connectivity index is 1.03. The largest absolute Gasteiger partial charge is 0.310 e. The number of anilines is 3. The first-order valence-electron chi connectivity index (χ1n) is 23.6. The van der Waals surface area contributed by atoms with Crippen LogP contribution in [-0.2, 0) is 10.8 Å². The summed E-state index contributed by atoms with van der Waals surface area (Å²) in [6.45, 7) is 9.46. The van der Waals surface area contributed by atoms with Crippen LogP contribution < -0.4 is 4.90 Å². The van der Waals surface area contributed by atoms with Gasteiger partial charge in [0.05, 0.1) is 0 Å². The Morgan fingerprint density at radius 2 is 0.552 bits per heavy atom. The van der Waals surface area contributed by atoms with Crippen molar-refractivity contribution in [2.45, 2.75) is 38.5 Å². The highest BCUT2D eigenvalue weighted by Crippen LogP contribution is 2.52. The lowest BCUT2D eigenvalue weighted by Gasteiger charge is -2.28. The van der Waals surface area contributed by atoms with Crippen molar-refractivity contribution in [2.24, 2.45) is 0 Å². The van der Waals surface area contributed by atoms with Gasteiger partial charge in [0.25, 0.3) is 0 Å². The van der Waals surface area contributed by atoms with Crippen molar-refractivity contribution in [3.8, 4) is 77.9 Å². The van der Waals surface area contributed by atoms with E-state index in [2.05, 4.69) is 269 Å². The maximum Gasteiger partial charge on any atom is 0.0468 e. The van der Waals surface area contributed by atoms with E-state index in [0.717, 1.165) is 17.1 Å². The van der Waals surface area contributed by atoms with E-state index in [1.165, 1.54) is 100 Å². The Morgan fingerprint density at radius 3 is 1.00 bits per heavy atom. The predicted molar refractivity (Wildman–Crippen MR) is 283 cm³/mol. The van der Waals surface area contributed by atoms with Crippen molar-refractivity contribution < 1.29 is 0 Å². The molecule has 0 aliphatic heterocycles. The van der Waals surface area contributed by atoms with E-state index in [9.17, 15) is 0 Å². The molecule has 0 atom stereocenters. The van der Waals surface area contributed by atoms with E-state index in [0.29, 0.717) is 0 Å². The quantitative estimate of drug-likeness (QED) is 0.147. The first kappa shape index (κ1) is 40.5. The van der Waals surface area contributed by atoms with Crippen LogP contribution in [0.5, 0.6) is 0 Å². The smallest absolute Gasteiger partial charge is 0.0468 e. The second-order valence-electron chi connectivity index (χ2n) is 19.3. The molecule has 0 saturated heterocycles. The van der Waals surface area contributed by atoms with Crippen molar-refractivity contribution in [1.82, 2.24) is 0 Å². The van der Waals surface area contributed by atoms with Crippen LogP contribution in [0.3, 0.4) is 0 Å². The molecular weight excluding hydrogens is 807 g/mol. The summed E-state index contributed by atoms with van der Waals surface area (Å²) in [5, 5.41) is 0. The van der Waals surface area contributed by atoms with Gasteiger partial charge in [0.15, 0.2) is 0 Å². The topological polar surface area (TPSA) is 3.24 Å². The van der Waals surface area contributed by atoms with E-state index in [1.54, 1.807) is 0 Å². The summed E-state index contributed by atoms with van der Waals surface area (Å²) in [6, 6.07) is 87.6. The van der Waals surface area contributed by atoms with Crippen LogP contribution in [0.2, 0.25) is 0 Å². The Hall–Kier alpha value is -8.00. The zero-order valence-electron chi connectivity index (χ0n) is 38.5. The fourth-order valence-corrected chi connectivity index (χ4v) is 11.2. The van der Waals surface area contributed by atoms with E-state index < -0.39 is 0 Å². The van der Waals surface area contributed by atoms with Crippen LogP contribution >= 0.6 is 0 Å². The third-order valence-corrected chi connectivity index (χ3v) is 14.7. The van der Waals surface area contributed by atoms with Crippen LogP contribution in [0.4, 0.5) is 17.1 Å². The molecule has 0 aromatic heterocycles. The van der Waals surface area contributed by atoms with E-state index >= 15 is 0 Å². The minimum atomic E-state index is -0.0961. The van der Waals surface area contributed by atoms with Crippen LogP contribution in [-0.4, -0.2) is 0 Å². The number of nitrogens with zero attached hydrogens (tertiary/aromatic N) is 1. The summed E-state index contributed by atoms with van der Waals surface area (Å²) >= 11 is 0. The van der Waals surface area contributed by atoms with Crippen molar-refractivity contribution in [3.63, 3.8) is 0 Å². The zero-order chi connectivity index (χ0) is 45.3. The molecule has 2 aliphatic carbocycles. The highest BCUT2D eigenvalue weighted by molar-refractivity contribution is 5.94. The van der Waals surface area contributed by atoms with Crippen molar-refractivity contribution in [2.75, 3.05) is 4.90 Å². The molecule has 0 fully saturated rings. The van der Waals surface area contributed by atoms with Crippen molar-refractivity contribution in [1.29, 1.82) is 0 Å². The molecule has 0 bridgehead atoms. The van der Waals surface area contributed by atoms with Crippen LogP contribution in [0.1, 0.15) is 49.9 Å². The molecule has 1 heteroatoms. The molecule has 0 unspecified atom stereocenters. The molecular formula is C66H51N. The Labute approximate surface area is 395 Å². The normalized spacial score (nSPS) is 13.6. The average Bonchev–Trinajstić information content (AvgIpc) is 3.76. The number of rotatable bonds is 8. The first-order chi connectivity index (χ1) is 32.7. The first-order valence-corrected chi connectivity index (χ1v) is 23.6. The minimum absolute atomic E-state index is 0.0961. The third-order valence-electron chi connectivity index (χ3n) is 14.7. The maximum atomic E-state index is 2.44. The molecule has 0 heterocycles. The van der Waals surface area contributed by atoms with Gasteiger partial charge in [-0.2, -0.15) is 0 Å². The summed E-state index contributed by atoms with van der Waals surface area (Å²) in [5.41, 5.74) is 26.0. The van der Waals surface area contributed by atoms with Gasteiger partial charge in [-0.3, -0.25) is 0 Å². The molecule has 0 spiro atoms. The van der Waals surface area contributed by atoms with Gasteiger partial charge >= 0.3 is 0 Å². The molecule has 0 radical (unpaired) electrons. The van der Waals surface area contributed by atoms with Crippen LogP contribution in [0.15, 0.2) is 237 Å². The monoisotopic (exact) mass is 857 g/mol. The van der Waals surface area contributed by atoms with Gasteiger partial charge in [0.2, 0.25) is 0 Å². The fraction of sp³-hybridized carbons (Fsp3) is 0.0909. The van der Waals surface area contributed by atoms with E-state index in [1.807, 2.05) is 0 Å². The molecule has 12 rings (SSSR count). The summed E-state index contributed by atoms with van der Waals surface area (Å²) in [6.07, 6.45) is 0. The second-order valence-corrected chi connectivity index (χ2v) is 19.3. The van der Waals surface area contributed by atoms with Gasteiger partial charge in [-0.05, 0) is 149 Å². The number of hydrogen-bond acceptors (Lipinski definition) is 1. The molecule has 320 valence electrons. The summed E-state index contributed by atoms with van der Waals surface area (Å²) in [4.78, 5) is 2.44. The lowest BCUT2D eigenvalue weighted by molar-refractivity contribution is 0.660. The highest BCUT2D eigenvalue weighted by Gasteiger charge is 2.37. The molecule has 10 aromatic carbocycles. The SMILES string of the molecule is CC1(C)c2ccccc2-c2ccc(-c3ccc(N(c4ccc(-c5ccccc5)cc4)c4ccc(-c5ccc6c(c5)C(C)(C)c5ccccc5-6)c(-c5ccccc5)c4)cc3-c3ccccc3)cc21. The molecule has 67 heavy (non-hydrogen) atoms. The van der Waals surface area contributed by atoms with Gasteiger partial charge < -0.3 is 4.90 Å². The van der Waals surface area contributed by atoms with Gasteiger partial charge in [-0.25, -0.2) is 0 Å². The predicted octanol–water partition coefficient (Wildman–Crippen LogP) is 18.1. The minimum Gasteiger partial charge on any atom is -0.310 e. The van der Waals surface area contributed by atoms with E-state index in [-0.39, 0.29) is 10.8 Å². The molecule has 0 N–H and O–H groups in total. The Kier molecular flexibility index (Phi) is 9.59. The number of fused-ring (bicyclic) bond motifs is 6. The van der Waals surface area contributed by atoms with Gasteiger partial charge in [0, 0.05) is 27.9 Å². The third kappa shape index (κ3) is 6.76. The lowest BCUT2D eigenvalue weighted by atomic mass is 9.81. The lowest BCUT2D eigenvalue weighted by Crippen LogP contribution is -2.15. The maximum absolute atomic E-state index is 2.44. The fourth-order valence-electron chi connectivity index (χ4n) is 11.2. The zero-order valence-corrected chi connectivity index (χ0v) is 38.5. The number of benzene rings is 10. The van der Waals surface area contributed by atoms with Crippen LogP contribution in [0, 0.1) is 0 Å². The molecule has 2 aliphatic rings. The van der Waals surface area contributed by atoms with Gasteiger partial charge in [-0.15, -0.1) is 0 Å². The molecule has 1 nitrogen and oxygen atoms in total. The standard InChI is InChI=1S/C66H51N/c1-65(2)61-26-16-14-24-55(61)57-36-30-48(40-63(57)65)53-38-34-51(42-59(53)46-20-10-6-11-21-46)67(50-32-28-45(29-33-50)44-18-8-5-9-19-44)52-35-39-54(60(43-52)47-22-12-7-13-23-47)49-31-37-58-56-25-15-17-27-62(56)66(3,4)64(58)41-49/h5-43H,1-4H3. The van der Waals surface area contributed by atoms with E-state index in [4.69, 9.17) is 0 Å². The van der Waals surface area contributed by atoms with Gasteiger partial charge in [0.1, 0.15) is 0 Å². The second kappa shape index (κ2) is 15.9. The van der Waals surface area contributed by atoms with Gasteiger partial charge in [-0.1, -0.05) is 216 Å². The molecule has 0 saturated carbocycles. The van der Waals surface area contributed by atoms with Crippen LogP contribution in [0.25, 0.3) is 77.9 Å². The van der Waals surface area contributed by atoms with Crippen molar-refractivity contribution >= 4 is 17.1 Å².